The Bertz CT molecular complexity index is 962. The highest BCUT2D eigenvalue weighted by Gasteiger charge is 2.40. The summed E-state index contributed by atoms with van der Waals surface area (Å²) in [5.41, 5.74) is 6.44. The van der Waals surface area contributed by atoms with Gasteiger partial charge in [0, 0.05) is 18.0 Å². The van der Waals surface area contributed by atoms with Crippen LogP contribution in [0.3, 0.4) is 0 Å². The highest BCUT2D eigenvalue weighted by molar-refractivity contribution is 5.59. The molecule has 7 heteroatoms. The topological polar surface area (TPSA) is 96.0 Å². The molecule has 0 saturated carbocycles. The lowest BCUT2D eigenvalue weighted by Gasteiger charge is -2.33. The molecule has 2 aromatic rings. The molecule has 33 heavy (non-hydrogen) atoms. The molecule has 2 unspecified atom stereocenters. The normalized spacial score (nSPS) is 15.6. The number of nitrogens with zero attached hydrogens (tertiary/aromatic N) is 1. The van der Waals surface area contributed by atoms with E-state index in [-0.39, 0.29) is 18.2 Å². The van der Waals surface area contributed by atoms with E-state index >= 15 is 0 Å². The summed E-state index contributed by atoms with van der Waals surface area (Å²) in [6.45, 7) is 4.10. The van der Waals surface area contributed by atoms with Crippen LogP contribution in [0.4, 0.5) is 0 Å². The van der Waals surface area contributed by atoms with Crippen molar-refractivity contribution in [2.24, 2.45) is 11.7 Å². The molecular weight excluding hydrogens is 420 g/mol. The summed E-state index contributed by atoms with van der Waals surface area (Å²) >= 11 is 0. The molecule has 1 aliphatic heterocycles. The van der Waals surface area contributed by atoms with Crippen molar-refractivity contribution < 1.29 is 23.7 Å². The molecule has 178 valence electrons. The fourth-order valence-corrected chi connectivity index (χ4v) is 4.49. The van der Waals surface area contributed by atoms with Gasteiger partial charge in [0.05, 0.1) is 32.8 Å². The zero-order valence-electron chi connectivity index (χ0n) is 20.1. The standard InChI is InChI=1S/C26H34N2O5/c1-17(2)26(16-27,19-12-13-22(29-3)25(31-5)24(19)30-4)14-8-9-18(28)15-23-32-20-10-6-7-11-21(20)33-23/h6-7,10-13,17-18,23H,8-9,14-15,28H2,1-5H3. The number of methoxy groups -OCH3 is 3. The molecule has 2 N–H and O–H groups in total. The number of hydrogen-bond acceptors (Lipinski definition) is 7. The SMILES string of the molecule is COc1ccc(C(C#N)(CCCC(N)CC2Oc3ccccc3O2)C(C)C)c(OC)c1OC. The predicted molar refractivity (Wildman–Crippen MR) is 126 cm³/mol. The third kappa shape index (κ3) is 4.96. The van der Waals surface area contributed by atoms with Gasteiger partial charge < -0.3 is 29.4 Å². The third-order valence-corrected chi connectivity index (χ3v) is 6.38. The van der Waals surface area contributed by atoms with Crippen LogP contribution in [0, 0.1) is 17.2 Å². The van der Waals surface area contributed by atoms with Gasteiger partial charge in [-0.05, 0) is 49.4 Å². The molecular formula is C26H34N2O5. The lowest BCUT2D eigenvalue weighted by Crippen LogP contribution is -2.33. The Balaban J connectivity index is 1.71. The van der Waals surface area contributed by atoms with Crippen LogP contribution in [0.1, 0.15) is 45.1 Å². The van der Waals surface area contributed by atoms with Gasteiger partial charge >= 0.3 is 0 Å². The van der Waals surface area contributed by atoms with E-state index < -0.39 is 5.41 Å². The van der Waals surface area contributed by atoms with Crippen LogP contribution in [0.25, 0.3) is 0 Å². The molecule has 7 nitrogen and oxygen atoms in total. The van der Waals surface area contributed by atoms with Crippen LogP contribution in [0.5, 0.6) is 28.7 Å². The first-order valence-electron chi connectivity index (χ1n) is 11.3. The van der Waals surface area contributed by atoms with Gasteiger partial charge in [-0.3, -0.25) is 0 Å². The van der Waals surface area contributed by atoms with E-state index in [0.717, 1.165) is 29.9 Å². The van der Waals surface area contributed by atoms with E-state index in [9.17, 15) is 5.26 Å². The number of para-hydroxylation sites is 2. The number of hydrogen-bond donors (Lipinski definition) is 1. The van der Waals surface area contributed by atoms with Gasteiger partial charge in [0.1, 0.15) is 0 Å². The van der Waals surface area contributed by atoms with E-state index in [1.807, 2.05) is 36.4 Å². The highest BCUT2D eigenvalue weighted by Crippen LogP contribution is 2.48. The van der Waals surface area contributed by atoms with Crippen molar-refractivity contribution in [3.05, 3.63) is 42.0 Å². The largest absolute Gasteiger partial charge is 0.493 e. The van der Waals surface area contributed by atoms with Crippen LogP contribution >= 0.6 is 0 Å². The van der Waals surface area contributed by atoms with Crippen molar-refractivity contribution in [1.29, 1.82) is 5.26 Å². The Kier molecular flexibility index (Phi) is 7.93. The molecule has 1 aliphatic rings. The Morgan fingerprint density at radius 2 is 1.64 bits per heavy atom. The maximum absolute atomic E-state index is 10.4. The minimum Gasteiger partial charge on any atom is -0.493 e. The second-order valence-corrected chi connectivity index (χ2v) is 8.62. The smallest absolute Gasteiger partial charge is 0.243 e. The fourth-order valence-electron chi connectivity index (χ4n) is 4.49. The Hall–Kier alpha value is -3.11. The van der Waals surface area contributed by atoms with E-state index in [0.29, 0.717) is 30.1 Å². The van der Waals surface area contributed by atoms with Crippen LogP contribution in [0.2, 0.25) is 0 Å². The van der Waals surface area contributed by atoms with E-state index in [1.165, 1.54) is 0 Å². The number of nitriles is 1. The summed E-state index contributed by atoms with van der Waals surface area (Å²) in [6, 6.07) is 13.8. The van der Waals surface area contributed by atoms with Crippen molar-refractivity contribution in [2.75, 3.05) is 21.3 Å². The number of benzene rings is 2. The average Bonchev–Trinajstić information content (AvgIpc) is 3.22. The minimum atomic E-state index is -0.763. The van der Waals surface area contributed by atoms with Gasteiger partial charge in [-0.2, -0.15) is 5.26 Å². The molecule has 0 bridgehead atoms. The van der Waals surface area contributed by atoms with Gasteiger partial charge in [-0.15, -0.1) is 0 Å². The van der Waals surface area contributed by atoms with Crippen LogP contribution in [-0.2, 0) is 5.41 Å². The molecule has 0 spiro atoms. The summed E-state index contributed by atoms with van der Waals surface area (Å²) in [5.74, 6) is 3.12. The van der Waals surface area contributed by atoms with Crippen LogP contribution in [0.15, 0.2) is 36.4 Å². The quantitative estimate of drug-likeness (QED) is 0.520. The lowest BCUT2D eigenvalue weighted by atomic mass is 9.69. The molecule has 0 aliphatic carbocycles. The first-order valence-corrected chi connectivity index (χ1v) is 11.3. The summed E-state index contributed by atoms with van der Waals surface area (Å²) in [7, 11) is 4.73. The number of ether oxygens (including phenoxy) is 5. The Labute approximate surface area is 196 Å². The molecule has 0 amide bonds. The maximum atomic E-state index is 10.4. The van der Waals surface area contributed by atoms with Gasteiger partial charge in [0.25, 0.3) is 0 Å². The van der Waals surface area contributed by atoms with Crippen molar-refractivity contribution in [3.8, 4) is 34.8 Å². The van der Waals surface area contributed by atoms with Gasteiger partial charge in [0.15, 0.2) is 23.0 Å². The van der Waals surface area contributed by atoms with Crippen LogP contribution < -0.4 is 29.4 Å². The zero-order chi connectivity index (χ0) is 24.0. The van der Waals surface area contributed by atoms with E-state index in [4.69, 9.17) is 29.4 Å². The van der Waals surface area contributed by atoms with Crippen molar-refractivity contribution in [1.82, 2.24) is 0 Å². The molecule has 0 fully saturated rings. The second-order valence-electron chi connectivity index (χ2n) is 8.62. The average molecular weight is 455 g/mol. The number of rotatable bonds is 11. The Morgan fingerprint density at radius 3 is 2.15 bits per heavy atom. The second kappa shape index (κ2) is 10.7. The van der Waals surface area contributed by atoms with Crippen LogP contribution in [-0.4, -0.2) is 33.7 Å². The van der Waals surface area contributed by atoms with Gasteiger partial charge in [-0.25, -0.2) is 0 Å². The molecule has 2 atom stereocenters. The summed E-state index contributed by atoms with van der Waals surface area (Å²) in [4.78, 5) is 0. The number of nitrogens with two attached hydrogens (primary N) is 1. The summed E-state index contributed by atoms with van der Waals surface area (Å²) in [6.07, 6.45) is 2.34. The van der Waals surface area contributed by atoms with Crippen molar-refractivity contribution in [2.45, 2.75) is 57.3 Å². The maximum Gasteiger partial charge on any atom is 0.243 e. The lowest BCUT2D eigenvalue weighted by molar-refractivity contribution is 0.0349. The zero-order valence-corrected chi connectivity index (χ0v) is 20.1. The Morgan fingerprint density at radius 1 is 1.00 bits per heavy atom. The highest BCUT2D eigenvalue weighted by atomic mass is 16.7. The van der Waals surface area contributed by atoms with E-state index in [2.05, 4.69) is 19.9 Å². The van der Waals surface area contributed by atoms with Crippen molar-refractivity contribution in [3.63, 3.8) is 0 Å². The molecule has 3 rings (SSSR count). The first kappa shape index (κ1) is 24.5. The third-order valence-electron chi connectivity index (χ3n) is 6.38. The number of fused-ring (bicyclic) bond motifs is 1. The molecule has 0 aromatic heterocycles. The molecule has 2 aromatic carbocycles. The monoisotopic (exact) mass is 454 g/mol. The van der Waals surface area contributed by atoms with E-state index in [1.54, 1.807) is 21.3 Å². The van der Waals surface area contributed by atoms with Crippen molar-refractivity contribution >= 4 is 0 Å². The van der Waals surface area contributed by atoms with Gasteiger partial charge in [-0.1, -0.05) is 26.0 Å². The molecule has 1 heterocycles. The minimum absolute atomic E-state index is 0.0433. The molecule has 0 saturated heterocycles. The summed E-state index contributed by atoms with van der Waals surface area (Å²) in [5, 5.41) is 10.4. The predicted octanol–water partition coefficient (Wildman–Crippen LogP) is 4.81. The fraction of sp³-hybridized carbons (Fsp3) is 0.500. The molecule has 0 radical (unpaired) electrons. The van der Waals surface area contributed by atoms with Gasteiger partial charge in [0.2, 0.25) is 12.0 Å². The first-order chi connectivity index (χ1) is 15.9. The summed E-state index contributed by atoms with van der Waals surface area (Å²) < 4.78 is 28.3.